The van der Waals surface area contributed by atoms with Gasteiger partial charge in [-0.1, -0.05) is 42.5 Å². The first-order valence-corrected chi connectivity index (χ1v) is 16.4. The summed E-state index contributed by atoms with van der Waals surface area (Å²) in [5.41, 5.74) is 3.74. The highest BCUT2D eigenvalue weighted by molar-refractivity contribution is 5.97. The van der Waals surface area contributed by atoms with Crippen LogP contribution in [0.2, 0.25) is 0 Å². The lowest BCUT2D eigenvalue weighted by Crippen LogP contribution is -2.40. The standard InChI is InChI=1S/C36H44F3N5O5/c1-24-28(22-31(46-2)33(48-4)32(24)47-3)34(45)40-23-26(25-10-6-5-7-11-25)14-17-43-18-15-27(16-19-43)41-35-42-29-12-8-9-13-30(29)44(35)20-21-49-36(37,38)39/h5-13,22,26-27H,14-21,23H2,1-4H3,(H,40,45)(H,41,42). The number of hydrogen-bond acceptors (Lipinski definition) is 8. The van der Waals surface area contributed by atoms with E-state index in [2.05, 4.69) is 37.4 Å². The first kappa shape index (κ1) is 35.8. The van der Waals surface area contributed by atoms with Gasteiger partial charge in [-0.05, 0) is 56.5 Å². The summed E-state index contributed by atoms with van der Waals surface area (Å²) in [5.74, 6) is 1.72. The number of aromatic nitrogens is 2. The van der Waals surface area contributed by atoms with Gasteiger partial charge in [0.2, 0.25) is 11.7 Å². The van der Waals surface area contributed by atoms with E-state index in [-0.39, 0.29) is 24.4 Å². The molecule has 0 saturated carbocycles. The molecule has 2 heterocycles. The molecule has 1 saturated heterocycles. The number of anilines is 1. The number of hydrogen-bond donors (Lipinski definition) is 2. The highest BCUT2D eigenvalue weighted by Crippen LogP contribution is 2.41. The number of fused-ring (bicyclic) bond motifs is 1. The zero-order valence-corrected chi connectivity index (χ0v) is 28.3. The van der Waals surface area contributed by atoms with Gasteiger partial charge in [-0.2, -0.15) is 0 Å². The molecule has 0 radical (unpaired) electrons. The maximum absolute atomic E-state index is 13.5. The Morgan fingerprint density at radius 3 is 2.33 bits per heavy atom. The second-order valence-corrected chi connectivity index (χ2v) is 12.1. The van der Waals surface area contributed by atoms with Crippen molar-refractivity contribution in [3.8, 4) is 17.2 Å². The van der Waals surface area contributed by atoms with Crippen molar-refractivity contribution < 1.29 is 36.9 Å². The second kappa shape index (κ2) is 16.3. The number of imidazole rings is 1. The van der Waals surface area contributed by atoms with Crippen LogP contribution in [0.15, 0.2) is 60.7 Å². The fourth-order valence-corrected chi connectivity index (χ4v) is 6.45. The minimum atomic E-state index is -4.68. The largest absolute Gasteiger partial charge is 0.522 e. The summed E-state index contributed by atoms with van der Waals surface area (Å²) in [5, 5.41) is 6.63. The predicted octanol–water partition coefficient (Wildman–Crippen LogP) is 6.39. The smallest absolute Gasteiger partial charge is 0.493 e. The van der Waals surface area contributed by atoms with E-state index in [0.29, 0.717) is 46.4 Å². The lowest BCUT2D eigenvalue weighted by Gasteiger charge is -2.33. The summed E-state index contributed by atoms with van der Waals surface area (Å²) in [4.78, 5) is 20.6. The molecule has 1 aromatic heterocycles. The Labute approximate surface area is 284 Å². The second-order valence-electron chi connectivity index (χ2n) is 12.1. The van der Waals surface area contributed by atoms with E-state index < -0.39 is 13.0 Å². The summed E-state index contributed by atoms with van der Waals surface area (Å²) in [7, 11) is 4.58. The minimum Gasteiger partial charge on any atom is -0.493 e. The fourth-order valence-electron chi connectivity index (χ4n) is 6.45. The summed E-state index contributed by atoms with van der Waals surface area (Å²) in [6, 6.07) is 19.4. The molecule has 1 aliphatic rings. The third kappa shape index (κ3) is 8.95. The summed E-state index contributed by atoms with van der Waals surface area (Å²) >= 11 is 0. The van der Waals surface area contributed by atoms with Crippen LogP contribution in [0.3, 0.4) is 0 Å². The van der Waals surface area contributed by atoms with E-state index in [9.17, 15) is 18.0 Å². The Morgan fingerprint density at radius 2 is 1.65 bits per heavy atom. The van der Waals surface area contributed by atoms with Gasteiger partial charge in [0.05, 0.1) is 39.0 Å². The molecular weight excluding hydrogens is 639 g/mol. The quantitative estimate of drug-likeness (QED) is 0.149. The van der Waals surface area contributed by atoms with Gasteiger partial charge in [0.15, 0.2) is 11.5 Å². The zero-order chi connectivity index (χ0) is 35.0. The molecule has 3 aromatic carbocycles. The van der Waals surface area contributed by atoms with E-state index in [1.807, 2.05) is 49.4 Å². The Kier molecular flexibility index (Phi) is 11.9. The molecule has 1 atom stereocenters. The number of nitrogens with one attached hydrogen (secondary N) is 2. The van der Waals surface area contributed by atoms with Gasteiger partial charge in [-0.15, -0.1) is 13.2 Å². The van der Waals surface area contributed by atoms with Crippen molar-refractivity contribution in [1.82, 2.24) is 19.8 Å². The molecule has 1 unspecified atom stereocenters. The molecule has 4 aromatic rings. The number of piperidine rings is 1. The molecule has 1 amide bonds. The molecule has 264 valence electrons. The van der Waals surface area contributed by atoms with Crippen LogP contribution >= 0.6 is 0 Å². The Bertz CT molecular complexity index is 1690. The third-order valence-corrected chi connectivity index (χ3v) is 9.05. The number of rotatable bonds is 15. The van der Waals surface area contributed by atoms with Crippen molar-refractivity contribution in [2.75, 3.05) is 59.4 Å². The minimum absolute atomic E-state index is 0.0255. The number of methoxy groups -OCH3 is 3. The summed E-state index contributed by atoms with van der Waals surface area (Å²) in [6.45, 7) is 4.35. The van der Waals surface area contributed by atoms with Crippen LogP contribution in [0.5, 0.6) is 17.2 Å². The molecule has 13 heteroatoms. The number of benzene rings is 3. The third-order valence-electron chi connectivity index (χ3n) is 9.05. The van der Waals surface area contributed by atoms with Gasteiger partial charge < -0.3 is 34.3 Å². The predicted molar refractivity (Wildman–Crippen MR) is 182 cm³/mol. The first-order chi connectivity index (χ1) is 23.6. The molecule has 49 heavy (non-hydrogen) atoms. The number of ether oxygens (including phenoxy) is 4. The molecule has 0 bridgehead atoms. The highest BCUT2D eigenvalue weighted by atomic mass is 19.4. The highest BCUT2D eigenvalue weighted by Gasteiger charge is 2.29. The number of likely N-dealkylation sites (tertiary alicyclic amines) is 1. The van der Waals surface area contributed by atoms with Crippen molar-refractivity contribution in [3.05, 3.63) is 77.4 Å². The van der Waals surface area contributed by atoms with Gasteiger partial charge in [0.1, 0.15) is 0 Å². The topological polar surface area (TPSA) is 99.1 Å². The summed E-state index contributed by atoms with van der Waals surface area (Å²) in [6.07, 6.45) is -2.13. The van der Waals surface area contributed by atoms with E-state index in [4.69, 9.17) is 14.2 Å². The van der Waals surface area contributed by atoms with Crippen LogP contribution in [-0.4, -0.2) is 86.9 Å². The molecule has 2 N–H and O–H groups in total. The van der Waals surface area contributed by atoms with E-state index in [0.717, 1.165) is 50.0 Å². The van der Waals surface area contributed by atoms with Crippen molar-refractivity contribution in [3.63, 3.8) is 0 Å². The fraction of sp³-hybridized carbons (Fsp3) is 0.444. The van der Waals surface area contributed by atoms with Crippen molar-refractivity contribution in [2.45, 2.75) is 51.1 Å². The number of amides is 1. The van der Waals surface area contributed by atoms with E-state index in [1.54, 1.807) is 10.6 Å². The summed E-state index contributed by atoms with van der Waals surface area (Å²) < 4.78 is 60.3. The van der Waals surface area contributed by atoms with Crippen molar-refractivity contribution in [2.24, 2.45) is 0 Å². The monoisotopic (exact) mass is 683 g/mol. The molecule has 10 nitrogen and oxygen atoms in total. The number of para-hydroxylation sites is 2. The first-order valence-electron chi connectivity index (χ1n) is 16.4. The molecule has 0 spiro atoms. The lowest BCUT2D eigenvalue weighted by molar-refractivity contribution is -0.325. The van der Waals surface area contributed by atoms with Crippen LogP contribution in [0, 0.1) is 6.92 Å². The Morgan fingerprint density at radius 1 is 0.959 bits per heavy atom. The maximum Gasteiger partial charge on any atom is 0.522 e. The van der Waals surface area contributed by atoms with E-state index >= 15 is 0 Å². The van der Waals surface area contributed by atoms with Gasteiger partial charge in [0, 0.05) is 49.3 Å². The van der Waals surface area contributed by atoms with Crippen LogP contribution in [-0.2, 0) is 11.3 Å². The van der Waals surface area contributed by atoms with E-state index in [1.165, 1.54) is 21.3 Å². The number of alkyl halides is 3. The SMILES string of the molecule is COc1cc(C(=O)NCC(CCN2CCC(Nc3nc4ccccc4n3CCOC(F)(F)F)CC2)c2ccccc2)c(C)c(OC)c1OC. The average molecular weight is 684 g/mol. The number of halogens is 3. The van der Waals surface area contributed by atoms with Crippen molar-refractivity contribution in [1.29, 1.82) is 0 Å². The number of carbonyl (C=O) groups is 1. The molecule has 1 fully saturated rings. The van der Waals surface area contributed by atoms with Crippen LogP contribution in [0.25, 0.3) is 11.0 Å². The van der Waals surface area contributed by atoms with Crippen LogP contribution in [0.1, 0.15) is 46.7 Å². The molecule has 0 aliphatic carbocycles. The normalized spacial score (nSPS) is 14.8. The lowest BCUT2D eigenvalue weighted by atomic mass is 9.94. The number of nitrogens with zero attached hydrogens (tertiary/aromatic N) is 3. The maximum atomic E-state index is 13.5. The van der Waals surface area contributed by atoms with Gasteiger partial charge in [0.25, 0.3) is 5.91 Å². The molecular formula is C36H44F3N5O5. The zero-order valence-electron chi connectivity index (χ0n) is 28.3. The Hall–Kier alpha value is -4.49. The average Bonchev–Trinajstić information content (AvgIpc) is 3.44. The molecule has 1 aliphatic heterocycles. The van der Waals surface area contributed by atoms with Gasteiger partial charge in [-0.25, -0.2) is 4.98 Å². The van der Waals surface area contributed by atoms with Crippen LogP contribution < -0.4 is 24.8 Å². The van der Waals surface area contributed by atoms with Crippen molar-refractivity contribution >= 4 is 22.9 Å². The number of carbonyl (C=O) groups excluding carboxylic acids is 1. The van der Waals surface area contributed by atoms with Crippen LogP contribution in [0.4, 0.5) is 19.1 Å². The van der Waals surface area contributed by atoms with Gasteiger partial charge >= 0.3 is 6.36 Å². The molecule has 5 rings (SSSR count). The Balaban J connectivity index is 1.19. The van der Waals surface area contributed by atoms with Gasteiger partial charge in [-0.3, -0.25) is 9.53 Å².